The molecule has 34 heavy (non-hydrogen) atoms. The second kappa shape index (κ2) is 9.33. The van der Waals surface area contributed by atoms with Gasteiger partial charge in [0.1, 0.15) is 11.9 Å². The van der Waals surface area contributed by atoms with Crippen LogP contribution in [0.4, 0.5) is 9.18 Å². The minimum absolute atomic E-state index is 0.0387. The number of fused-ring (bicyclic) bond motifs is 4. The summed E-state index contributed by atoms with van der Waals surface area (Å²) in [7, 11) is 0. The Hall–Kier alpha value is -2.40. The van der Waals surface area contributed by atoms with E-state index in [0.29, 0.717) is 11.5 Å². The molecule has 5 heteroatoms. The van der Waals surface area contributed by atoms with Gasteiger partial charge in [-0.05, 0) is 90.9 Å². The number of rotatable bonds is 5. The predicted molar refractivity (Wildman–Crippen MR) is 133 cm³/mol. The molecule has 0 saturated carbocycles. The van der Waals surface area contributed by atoms with Crippen LogP contribution < -0.4 is 5.32 Å². The number of piperidine rings is 3. The Balaban J connectivity index is 1.38. The second-order valence-electron chi connectivity index (χ2n) is 11.1. The zero-order valence-electron chi connectivity index (χ0n) is 20.7. The van der Waals surface area contributed by atoms with Crippen LogP contribution in [-0.4, -0.2) is 36.7 Å². The van der Waals surface area contributed by atoms with Crippen LogP contribution in [0.5, 0.6) is 0 Å². The van der Waals surface area contributed by atoms with Gasteiger partial charge >= 0.3 is 6.09 Å². The molecule has 1 N–H and O–H groups in total. The lowest BCUT2D eigenvalue weighted by molar-refractivity contribution is -0.0353. The van der Waals surface area contributed by atoms with Crippen molar-refractivity contribution in [2.75, 3.05) is 19.6 Å². The lowest BCUT2D eigenvalue weighted by Crippen LogP contribution is -2.53. The van der Waals surface area contributed by atoms with E-state index in [4.69, 9.17) is 4.74 Å². The summed E-state index contributed by atoms with van der Waals surface area (Å²) in [5.74, 6) is 0.230. The van der Waals surface area contributed by atoms with E-state index in [0.717, 1.165) is 74.8 Å². The predicted octanol–water partition coefficient (Wildman–Crippen LogP) is 6.28. The normalized spacial score (nSPS) is 27.2. The van der Waals surface area contributed by atoms with Crippen molar-refractivity contribution in [3.05, 3.63) is 58.9 Å². The minimum atomic E-state index is -0.374. The fourth-order valence-electron chi connectivity index (χ4n) is 6.15. The molecule has 3 heterocycles. The number of hydrogen-bond donors (Lipinski definition) is 1. The minimum Gasteiger partial charge on any atom is -0.445 e. The summed E-state index contributed by atoms with van der Waals surface area (Å²) in [5.41, 5.74) is 4.61. The molecule has 2 bridgehead atoms. The number of hydrogen-bond acceptors (Lipinski definition) is 3. The van der Waals surface area contributed by atoms with Crippen molar-refractivity contribution in [3.63, 3.8) is 0 Å². The third-order valence-electron chi connectivity index (χ3n) is 8.25. The quantitative estimate of drug-likeness (QED) is 0.566. The van der Waals surface area contributed by atoms with Gasteiger partial charge in [-0.3, -0.25) is 4.90 Å². The first kappa shape index (κ1) is 23.3. The van der Waals surface area contributed by atoms with Crippen LogP contribution in [0.3, 0.4) is 0 Å². The van der Waals surface area contributed by atoms with Gasteiger partial charge in [0.15, 0.2) is 0 Å². The molecule has 2 aromatic rings. The van der Waals surface area contributed by atoms with Crippen molar-refractivity contribution in [2.45, 2.75) is 71.4 Å². The molecule has 1 aliphatic carbocycles. The Morgan fingerprint density at radius 3 is 2.71 bits per heavy atom. The second-order valence-corrected chi connectivity index (χ2v) is 11.1. The van der Waals surface area contributed by atoms with Crippen LogP contribution >= 0.6 is 0 Å². The van der Waals surface area contributed by atoms with Crippen molar-refractivity contribution >= 4 is 6.09 Å². The molecule has 3 aliphatic heterocycles. The molecule has 6 rings (SSSR count). The number of carbonyl (C=O) groups is 1. The Bertz CT molecular complexity index is 1060. The Kier molecular flexibility index (Phi) is 6.41. The Morgan fingerprint density at radius 1 is 1.21 bits per heavy atom. The molecule has 3 fully saturated rings. The molecule has 0 aromatic heterocycles. The van der Waals surface area contributed by atoms with Crippen LogP contribution in [0, 0.1) is 17.2 Å². The lowest BCUT2D eigenvalue weighted by atomic mass is 9.70. The summed E-state index contributed by atoms with van der Waals surface area (Å²) >= 11 is 0. The van der Waals surface area contributed by atoms with Gasteiger partial charge in [0.2, 0.25) is 0 Å². The first-order chi connectivity index (χ1) is 16.3. The van der Waals surface area contributed by atoms with Crippen molar-refractivity contribution in [3.8, 4) is 11.1 Å². The number of carbonyl (C=O) groups excluding carboxylic acids is 1. The molecule has 0 radical (unpaired) electrons. The zero-order valence-corrected chi connectivity index (χ0v) is 20.7. The molecule has 4 nitrogen and oxygen atoms in total. The molecule has 2 aromatic carbocycles. The first-order valence-electron chi connectivity index (χ1n) is 12.9. The number of aryl methyl sites for hydroxylation is 2. The van der Waals surface area contributed by atoms with Crippen LogP contribution in [-0.2, 0) is 17.6 Å². The third-order valence-corrected chi connectivity index (χ3v) is 8.25. The number of amides is 1. The van der Waals surface area contributed by atoms with Crippen molar-refractivity contribution in [1.82, 2.24) is 10.2 Å². The average molecular weight is 465 g/mol. The highest BCUT2D eigenvalue weighted by atomic mass is 19.1. The number of alkyl carbamates (subject to hydrolysis) is 1. The molecular weight excluding hydrogens is 427 g/mol. The smallest absolute Gasteiger partial charge is 0.407 e. The maximum Gasteiger partial charge on any atom is 0.407 e. The van der Waals surface area contributed by atoms with E-state index in [2.05, 4.69) is 43.1 Å². The van der Waals surface area contributed by atoms with E-state index in [1.807, 2.05) is 18.2 Å². The van der Waals surface area contributed by atoms with Gasteiger partial charge in [-0.15, -0.1) is 0 Å². The first-order valence-corrected chi connectivity index (χ1v) is 12.9. The summed E-state index contributed by atoms with van der Waals surface area (Å²) in [6.45, 7) is 9.50. The van der Waals surface area contributed by atoms with E-state index in [1.165, 1.54) is 5.56 Å². The topological polar surface area (TPSA) is 41.6 Å². The SMILES string of the molecule is CCCc1cccc(-c2cc3c(cc2F)[C@H](NC(=O)O[C@H]2CN4CCC2CC4)C(C)(C)CC3)c1. The maximum atomic E-state index is 15.5. The monoisotopic (exact) mass is 464 g/mol. The van der Waals surface area contributed by atoms with Crippen LogP contribution in [0.1, 0.15) is 69.2 Å². The Labute approximate surface area is 202 Å². The van der Waals surface area contributed by atoms with Gasteiger partial charge < -0.3 is 10.1 Å². The number of nitrogens with one attached hydrogen (secondary N) is 1. The number of ether oxygens (including phenoxy) is 1. The zero-order chi connectivity index (χ0) is 23.9. The molecular formula is C29H37FN2O2. The highest BCUT2D eigenvalue weighted by molar-refractivity contribution is 5.70. The van der Waals surface area contributed by atoms with E-state index >= 15 is 4.39 Å². The fraction of sp³-hybridized carbons (Fsp3) is 0.552. The number of benzene rings is 2. The van der Waals surface area contributed by atoms with Crippen LogP contribution in [0.2, 0.25) is 0 Å². The van der Waals surface area contributed by atoms with Gasteiger partial charge in [0.25, 0.3) is 0 Å². The lowest BCUT2D eigenvalue weighted by Gasteiger charge is -2.44. The molecule has 0 unspecified atom stereocenters. The fourth-order valence-corrected chi connectivity index (χ4v) is 6.15. The van der Waals surface area contributed by atoms with Crippen LogP contribution in [0.25, 0.3) is 11.1 Å². The van der Waals surface area contributed by atoms with E-state index in [-0.39, 0.29) is 29.5 Å². The van der Waals surface area contributed by atoms with Crippen molar-refractivity contribution < 1.29 is 13.9 Å². The van der Waals surface area contributed by atoms with Gasteiger partial charge in [0, 0.05) is 12.1 Å². The number of nitrogens with zero attached hydrogens (tertiary/aromatic N) is 1. The molecule has 0 spiro atoms. The summed E-state index contributed by atoms with van der Waals surface area (Å²) in [5, 5.41) is 3.14. The summed E-state index contributed by atoms with van der Waals surface area (Å²) in [6.07, 6.45) is 5.63. The molecule has 4 aliphatic rings. The van der Waals surface area contributed by atoms with Crippen LogP contribution in [0.15, 0.2) is 36.4 Å². The summed E-state index contributed by atoms with van der Waals surface area (Å²) < 4.78 is 21.4. The molecule has 3 saturated heterocycles. The van der Waals surface area contributed by atoms with E-state index < -0.39 is 0 Å². The van der Waals surface area contributed by atoms with Gasteiger partial charge in [-0.1, -0.05) is 51.5 Å². The van der Waals surface area contributed by atoms with Gasteiger partial charge in [0.05, 0.1) is 6.04 Å². The number of halogens is 1. The molecule has 1 amide bonds. The standard InChI is InChI=1S/C29H37FN2O2/c1-4-6-19-7-5-8-21(15-19)23-16-22-9-12-29(2,3)27(24(22)17-25(23)30)31-28(33)34-26-18-32-13-10-20(26)11-14-32/h5,7-8,15-17,20,26-27H,4,6,9-14,18H2,1-3H3,(H,31,33)/t26-,27-/m0/s1. The highest BCUT2D eigenvalue weighted by Gasteiger charge is 2.40. The van der Waals surface area contributed by atoms with Crippen molar-refractivity contribution in [2.24, 2.45) is 11.3 Å². The summed E-state index contributed by atoms with van der Waals surface area (Å²) in [6, 6.07) is 11.6. The van der Waals surface area contributed by atoms with Gasteiger partial charge in [-0.2, -0.15) is 0 Å². The largest absolute Gasteiger partial charge is 0.445 e. The maximum absolute atomic E-state index is 15.5. The third kappa shape index (κ3) is 4.59. The molecule has 182 valence electrons. The van der Waals surface area contributed by atoms with Gasteiger partial charge in [-0.25, -0.2) is 9.18 Å². The molecule has 2 atom stereocenters. The highest BCUT2D eigenvalue weighted by Crippen LogP contribution is 2.45. The van der Waals surface area contributed by atoms with E-state index in [9.17, 15) is 4.79 Å². The Morgan fingerprint density at radius 2 is 2.00 bits per heavy atom. The average Bonchev–Trinajstić information content (AvgIpc) is 2.82. The summed E-state index contributed by atoms with van der Waals surface area (Å²) in [4.78, 5) is 15.4. The van der Waals surface area contributed by atoms with Crippen molar-refractivity contribution in [1.29, 1.82) is 0 Å². The van der Waals surface area contributed by atoms with E-state index in [1.54, 1.807) is 6.07 Å².